The van der Waals surface area contributed by atoms with E-state index >= 15 is 0 Å². The molecule has 1 fully saturated rings. The molecule has 1 saturated heterocycles. The molecule has 0 bridgehead atoms. The van der Waals surface area contributed by atoms with Crippen molar-refractivity contribution in [3.8, 4) is 5.75 Å². The van der Waals surface area contributed by atoms with E-state index in [2.05, 4.69) is 39.5 Å². The van der Waals surface area contributed by atoms with Crippen LogP contribution in [0, 0.1) is 5.92 Å². The topological polar surface area (TPSA) is 54.5 Å². The molecule has 3 aromatic rings. The van der Waals surface area contributed by atoms with Crippen LogP contribution >= 0.6 is 0 Å². The van der Waals surface area contributed by atoms with Gasteiger partial charge in [0.1, 0.15) is 12.4 Å². The van der Waals surface area contributed by atoms with Gasteiger partial charge in [-0.1, -0.05) is 48.5 Å². The summed E-state index contributed by atoms with van der Waals surface area (Å²) in [5.41, 5.74) is 3.26. The summed E-state index contributed by atoms with van der Waals surface area (Å²) in [4.78, 5) is 19.4. The van der Waals surface area contributed by atoms with Crippen molar-refractivity contribution in [2.75, 3.05) is 13.1 Å². The lowest BCUT2D eigenvalue weighted by atomic mass is 9.96. The van der Waals surface area contributed by atoms with Gasteiger partial charge < -0.3 is 10.1 Å². The smallest absolute Gasteiger partial charge is 0.224 e. The maximum absolute atomic E-state index is 12.7. The molecule has 1 amide bonds. The van der Waals surface area contributed by atoms with Gasteiger partial charge in [0.05, 0.1) is 11.6 Å². The number of rotatable bonds is 8. The predicted molar refractivity (Wildman–Crippen MR) is 121 cm³/mol. The van der Waals surface area contributed by atoms with Crippen LogP contribution in [0.2, 0.25) is 0 Å². The van der Waals surface area contributed by atoms with E-state index < -0.39 is 0 Å². The first-order valence-electron chi connectivity index (χ1n) is 10.9. The van der Waals surface area contributed by atoms with Gasteiger partial charge in [0.2, 0.25) is 5.91 Å². The van der Waals surface area contributed by atoms with Crippen molar-refractivity contribution in [2.45, 2.75) is 32.5 Å². The monoisotopic (exact) mass is 415 g/mol. The Bertz CT molecular complexity index is 945. The number of likely N-dealkylation sites (tertiary alicyclic amines) is 1. The molecule has 160 valence electrons. The quantitative estimate of drug-likeness (QED) is 0.599. The van der Waals surface area contributed by atoms with E-state index in [1.54, 1.807) is 6.20 Å². The number of benzene rings is 2. The predicted octanol–water partition coefficient (Wildman–Crippen LogP) is 4.19. The number of nitrogens with zero attached hydrogens (tertiary/aromatic N) is 2. The van der Waals surface area contributed by atoms with E-state index in [4.69, 9.17) is 4.74 Å². The average Bonchev–Trinajstić information content (AvgIpc) is 2.83. The summed E-state index contributed by atoms with van der Waals surface area (Å²) in [6.45, 7) is 3.76. The molecule has 0 aliphatic carbocycles. The Morgan fingerprint density at radius 1 is 1.00 bits per heavy atom. The Morgan fingerprint density at radius 3 is 2.58 bits per heavy atom. The van der Waals surface area contributed by atoms with Crippen molar-refractivity contribution >= 4 is 5.91 Å². The third-order valence-corrected chi connectivity index (χ3v) is 5.63. The maximum atomic E-state index is 12.7. The van der Waals surface area contributed by atoms with Crippen molar-refractivity contribution in [1.29, 1.82) is 0 Å². The number of hydrogen-bond donors (Lipinski definition) is 1. The standard InChI is InChI=1S/C26H29N3O2/c30-26(23-9-6-16-29(19-23)18-22-7-2-1-3-8-22)28-17-21-11-13-25(14-12-21)31-20-24-10-4-5-15-27-24/h1-5,7-8,10-15,23H,6,9,16-20H2,(H,28,30). The fourth-order valence-electron chi connectivity index (χ4n) is 3.93. The fourth-order valence-corrected chi connectivity index (χ4v) is 3.93. The summed E-state index contributed by atoms with van der Waals surface area (Å²) in [5, 5.41) is 3.11. The highest BCUT2D eigenvalue weighted by atomic mass is 16.5. The van der Waals surface area contributed by atoms with Gasteiger partial charge in [0.25, 0.3) is 0 Å². The van der Waals surface area contributed by atoms with E-state index in [1.165, 1.54) is 5.56 Å². The number of amides is 1. The Labute approximate surface area is 184 Å². The van der Waals surface area contributed by atoms with E-state index in [9.17, 15) is 4.79 Å². The SMILES string of the molecule is O=C(NCc1ccc(OCc2ccccn2)cc1)C1CCCN(Cc2ccccc2)C1. The number of carbonyl (C=O) groups is 1. The molecule has 5 heteroatoms. The van der Waals surface area contributed by atoms with Crippen LogP contribution < -0.4 is 10.1 Å². The number of hydrogen-bond acceptors (Lipinski definition) is 4. The third-order valence-electron chi connectivity index (χ3n) is 5.63. The number of aromatic nitrogens is 1. The number of nitrogens with one attached hydrogen (secondary N) is 1. The zero-order valence-corrected chi connectivity index (χ0v) is 17.7. The van der Waals surface area contributed by atoms with E-state index in [1.807, 2.05) is 48.5 Å². The second-order valence-corrected chi connectivity index (χ2v) is 8.03. The molecule has 31 heavy (non-hydrogen) atoms. The molecule has 1 aromatic heterocycles. The number of ether oxygens (including phenoxy) is 1. The summed E-state index contributed by atoms with van der Waals surface area (Å²) in [5.74, 6) is 0.997. The van der Waals surface area contributed by atoms with Gasteiger partial charge in [-0.3, -0.25) is 14.7 Å². The first-order valence-corrected chi connectivity index (χ1v) is 10.9. The summed E-state index contributed by atoms with van der Waals surface area (Å²) in [6, 6.07) is 24.1. The molecule has 1 aliphatic heterocycles. The Balaban J connectivity index is 1.22. The molecule has 5 nitrogen and oxygen atoms in total. The van der Waals surface area contributed by atoms with E-state index in [0.717, 1.165) is 49.5 Å². The van der Waals surface area contributed by atoms with Gasteiger partial charge in [-0.15, -0.1) is 0 Å². The summed E-state index contributed by atoms with van der Waals surface area (Å²) >= 11 is 0. The molecule has 1 atom stereocenters. The summed E-state index contributed by atoms with van der Waals surface area (Å²) in [7, 11) is 0. The molecule has 0 spiro atoms. The summed E-state index contributed by atoms with van der Waals surface area (Å²) in [6.07, 6.45) is 3.78. The molecule has 4 rings (SSSR count). The van der Waals surface area contributed by atoms with Gasteiger partial charge in [-0.05, 0) is 54.8 Å². The van der Waals surface area contributed by atoms with E-state index in [-0.39, 0.29) is 11.8 Å². The van der Waals surface area contributed by atoms with Crippen LogP contribution in [0.4, 0.5) is 0 Å². The minimum atomic E-state index is 0.0541. The zero-order chi connectivity index (χ0) is 21.3. The van der Waals surface area contributed by atoms with Crippen LogP contribution in [0.5, 0.6) is 5.75 Å². The lowest BCUT2D eigenvalue weighted by Gasteiger charge is -2.32. The first kappa shape index (κ1) is 21.1. The maximum Gasteiger partial charge on any atom is 0.224 e. The molecular formula is C26H29N3O2. The lowest BCUT2D eigenvalue weighted by Crippen LogP contribution is -2.42. The fraction of sp³-hybridized carbons (Fsp3) is 0.308. The van der Waals surface area contributed by atoms with Crippen LogP contribution in [0.25, 0.3) is 0 Å². The van der Waals surface area contributed by atoms with Crippen LogP contribution in [0.1, 0.15) is 29.7 Å². The molecule has 2 heterocycles. The normalized spacial score (nSPS) is 16.6. The van der Waals surface area contributed by atoms with Crippen LogP contribution in [-0.4, -0.2) is 28.9 Å². The number of pyridine rings is 1. The summed E-state index contributed by atoms with van der Waals surface area (Å²) < 4.78 is 5.77. The van der Waals surface area contributed by atoms with Crippen molar-refractivity contribution in [3.05, 3.63) is 95.8 Å². The highest BCUT2D eigenvalue weighted by Gasteiger charge is 2.25. The van der Waals surface area contributed by atoms with E-state index in [0.29, 0.717) is 13.2 Å². The van der Waals surface area contributed by atoms with Gasteiger partial charge in [-0.2, -0.15) is 0 Å². The molecule has 0 radical (unpaired) electrons. The minimum Gasteiger partial charge on any atom is -0.487 e. The Kier molecular flexibility index (Phi) is 7.29. The molecule has 1 unspecified atom stereocenters. The lowest BCUT2D eigenvalue weighted by molar-refractivity contribution is -0.126. The molecule has 2 aromatic carbocycles. The van der Waals surface area contributed by atoms with Gasteiger partial charge in [0.15, 0.2) is 0 Å². The molecule has 1 N–H and O–H groups in total. The minimum absolute atomic E-state index is 0.0541. The van der Waals surface area contributed by atoms with Crippen LogP contribution in [0.3, 0.4) is 0 Å². The Morgan fingerprint density at radius 2 is 1.81 bits per heavy atom. The molecule has 1 aliphatic rings. The van der Waals surface area contributed by atoms with Gasteiger partial charge >= 0.3 is 0 Å². The second kappa shape index (κ2) is 10.7. The average molecular weight is 416 g/mol. The number of piperidine rings is 1. The molecular weight excluding hydrogens is 386 g/mol. The van der Waals surface area contributed by atoms with Gasteiger partial charge in [-0.25, -0.2) is 0 Å². The third kappa shape index (κ3) is 6.40. The van der Waals surface area contributed by atoms with Crippen molar-refractivity contribution in [2.24, 2.45) is 5.92 Å². The highest BCUT2D eigenvalue weighted by Crippen LogP contribution is 2.19. The second-order valence-electron chi connectivity index (χ2n) is 8.03. The highest BCUT2D eigenvalue weighted by molar-refractivity contribution is 5.79. The van der Waals surface area contributed by atoms with Crippen LogP contribution in [0.15, 0.2) is 79.0 Å². The number of carbonyl (C=O) groups excluding carboxylic acids is 1. The zero-order valence-electron chi connectivity index (χ0n) is 17.7. The van der Waals surface area contributed by atoms with Crippen LogP contribution in [-0.2, 0) is 24.5 Å². The first-order chi connectivity index (χ1) is 15.3. The van der Waals surface area contributed by atoms with Crippen molar-refractivity contribution in [1.82, 2.24) is 15.2 Å². The Hall–Kier alpha value is -3.18. The van der Waals surface area contributed by atoms with Gasteiger partial charge in [0, 0.05) is 25.8 Å². The van der Waals surface area contributed by atoms with Crippen molar-refractivity contribution in [3.63, 3.8) is 0 Å². The van der Waals surface area contributed by atoms with Crippen molar-refractivity contribution < 1.29 is 9.53 Å². The largest absolute Gasteiger partial charge is 0.487 e. The molecule has 0 saturated carbocycles.